The first-order valence-corrected chi connectivity index (χ1v) is 11.4. The molecule has 2 aromatic carbocycles. The Morgan fingerprint density at radius 1 is 1.08 bits per heavy atom. The fraction of sp³-hybridized carbons (Fsp3) is 0.115. The molecule has 182 valence electrons. The molecule has 0 fully saturated rings. The number of rotatable bonds is 5. The van der Waals surface area contributed by atoms with Crippen LogP contribution in [0.1, 0.15) is 32.9 Å². The molecule has 3 aromatic heterocycles. The van der Waals surface area contributed by atoms with Crippen molar-refractivity contribution < 1.29 is 22.4 Å². The van der Waals surface area contributed by atoms with E-state index in [0.717, 1.165) is 10.8 Å². The minimum Gasteiger partial charge on any atom is -0.433 e. The van der Waals surface area contributed by atoms with Crippen molar-refractivity contribution in [1.82, 2.24) is 14.5 Å². The summed E-state index contributed by atoms with van der Waals surface area (Å²) < 4.78 is 50.4. The average Bonchev–Trinajstić information content (AvgIpc) is 3.44. The van der Waals surface area contributed by atoms with Crippen molar-refractivity contribution in [3.63, 3.8) is 0 Å². The lowest BCUT2D eigenvalue weighted by molar-refractivity contribution is -0.143. The van der Waals surface area contributed by atoms with Gasteiger partial charge in [-0.15, -0.1) is 0 Å². The van der Waals surface area contributed by atoms with Gasteiger partial charge < -0.3 is 8.98 Å². The number of benzene rings is 2. The first kappa shape index (κ1) is 24.1. The Bertz CT molecular complexity index is 1610. The number of aromatic nitrogens is 3. The van der Waals surface area contributed by atoms with E-state index in [0.29, 0.717) is 21.7 Å². The van der Waals surface area contributed by atoms with Crippen molar-refractivity contribution in [2.45, 2.75) is 19.6 Å². The molecule has 0 unspecified atom stereocenters. The first-order chi connectivity index (χ1) is 17.1. The fourth-order valence-electron chi connectivity index (χ4n) is 4.10. The monoisotopic (exact) mass is 529 g/mol. The number of nitrogens with zero attached hydrogens (tertiary/aromatic N) is 3. The van der Waals surface area contributed by atoms with E-state index in [-0.39, 0.29) is 34.1 Å². The minimum atomic E-state index is -4.86. The van der Waals surface area contributed by atoms with Crippen molar-refractivity contribution >= 4 is 39.9 Å². The van der Waals surface area contributed by atoms with Gasteiger partial charge in [-0.05, 0) is 48.9 Å². The van der Waals surface area contributed by atoms with E-state index in [2.05, 4.69) is 9.97 Å². The van der Waals surface area contributed by atoms with E-state index < -0.39 is 23.2 Å². The summed E-state index contributed by atoms with van der Waals surface area (Å²) in [7, 11) is 0. The third-order valence-corrected chi connectivity index (χ3v) is 6.28. The van der Waals surface area contributed by atoms with Gasteiger partial charge in [-0.2, -0.15) is 13.2 Å². The Morgan fingerprint density at radius 2 is 1.89 bits per heavy atom. The molecule has 36 heavy (non-hydrogen) atoms. The summed E-state index contributed by atoms with van der Waals surface area (Å²) in [6.07, 6.45) is -0.701. The molecule has 0 aliphatic carbocycles. The molecule has 0 saturated heterocycles. The molecule has 5 rings (SSSR count). The summed E-state index contributed by atoms with van der Waals surface area (Å²) in [5.74, 6) is -1.17. The molecule has 0 amide bonds. The van der Waals surface area contributed by atoms with Crippen LogP contribution in [0.5, 0.6) is 0 Å². The molecule has 0 atom stereocenters. The van der Waals surface area contributed by atoms with Gasteiger partial charge in [0.05, 0.1) is 17.3 Å². The van der Waals surface area contributed by atoms with Crippen LogP contribution < -0.4 is 0 Å². The zero-order valence-corrected chi connectivity index (χ0v) is 20.1. The zero-order valence-electron chi connectivity index (χ0n) is 18.6. The smallest absolute Gasteiger partial charge is 0.432 e. The molecule has 5 nitrogen and oxygen atoms in total. The molecule has 0 aliphatic heterocycles. The number of pyridine rings is 1. The standard InChI is InChI=1S/C26H16Cl2F3N3O2/c1-14-4-7-20-18(9-14)22(23(35)21-12-33-25(36-21)15-3-2-8-32-11-15)24(26(29,30)31)34(20)13-16-5-6-17(27)10-19(16)28/h2-12H,13H2,1H3. The largest absolute Gasteiger partial charge is 0.433 e. The zero-order chi connectivity index (χ0) is 25.6. The summed E-state index contributed by atoms with van der Waals surface area (Å²) in [5, 5.41) is 0.726. The predicted molar refractivity (Wildman–Crippen MR) is 130 cm³/mol. The Labute approximate surface area is 213 Å². The van der Waals surface area contributed by atoms with Crippen LogP contribution in [-0.2, 0) is 12.7 Å². The molecule has 3 heterocycles. The molecule has 0 aliphatic rings. The lowest BCUT2D eigenvalue weighted by Crippen LogP contribution is -2.18. The summed E-state index contributed by atoms with van der Waals surface area (Å²) in [6.45, 7) is 1.51. The van der Waals surface area contributed by atoms with E-state index in [1.54, 1.807) is 55.6 Å². The Kier molecular flexibility index (Phi) is 6.10. The van der Waals surface area contributed by atoms with E-state index in [1.807, 2.05) is 0 Å². The number of oxazole rings is 1. The van der Waals surface area contributed by atoms with E-state index in [9.17, 15) is 18.0 Å². The van der Waals surface area contributed by atoms with Crippen LogP contribution in [-0.4, -0.2) is 20.3 Å². The molecule has 0 bridgehead atoms. The van der Waals surface area contributed by atoms with Crippen LogP contribution in [0.2, 0.25) is 10.0 Å². The van der Waals surface area contributed by atoms with Crippen molar-refractivity contribution in [3.05, 3.63) is 105 Å². The number of alkyl halides is 3. The van der Waals surface area contributed by atoms with Gasteiger partial charge in [0.15, 0.2) is 5.76 Å². The highest BCUT2D eigenvalue weighted by Crippen LogP contribution is 2.41. The van der Waals surface area contributed by atoms with E-state index in [1.165, 1.54) is 12.3 Å². The normalized spacial score (nSPS) is 11.8. The lowest BCUT2D eigenvalue weighted by Gasteiger charge is -2.15. The number of ketones is 1. The summed E-state index contributed by atoms with van der Waals surface area (Å²) in [6, 6.07) is 12.7. The molecular formula is C26H16Cl2F3N3O2. The van der Waals surface area contributed by atoms with Crippen LogP contribution in [0.15, 0.2) is 71.5 Å². The average molecular weight is 530 g/mol. The number of aryl methyl sites for hydroxylation is 1. The number of hydrogen-bond donors (Lipinski definition) is 0. The van der Waals surface area contributed by atoms with Crippen LogP contribution in [0.4, 0.5) is 13.2 Å². The predicted octanol–water partition coefficient (Wildman–Crippen LogP) is 7.60. The Balaban J connectivity index is 1.71. The van der Waals surface area contributed by atoms with Crippen LogP contribution in [0.3, 0.4) is 0 Å². The van der Waals surface area contributed by atoms with Gasteiger partial charge in [-0.1, -0.05) is 40.9 Å². The summed E-state index contributed by atoms with van der Waals surface area (Å²) >= 11 is 12.2. The molecule has 0 N–H and O–H groups in total. The molecule has 0 radical (unpaired) electrons. The number of hydrogen-bond acceptors (Lipinski definition) is 4. The topological polar surface area (TPSA) is 60.9 Å². The highest BCUT2D eigenvalue weighted by molar-refractivity contribution is 6.35. The third-order valence-electron chi connectivity index (χ3n) is 5.70. The van der Waals surface area contributed by atoms with E-state index >= 15 is 0 Å². The van der Waals surface area contributed by atoms with Crippen molar-refractivity contribution in [1.29, 1.82) is 0 Å². The van der Waals surface area contributed by atoms with Gasteiger partial charge in [0.2, 0.25) is 11.7 Å². The van der Waals surface area contributed by atoms with Crippen LogP contribution in [0, 0.1) is 6.92 Å². The van der Waals surface area contributed by atoms with Crippen LogP contribution >= 0.6 is 23.2 Å². The van der Waals surface area contributed by atoms with Gasteiger partial charge in [-0.25, -0.2) is 4.98 Å². The lowest BCUT2D eigenvalue weighted by atomic mass is 10.0. The Morgan fingerprint density at radius 3 is 2.58 bits per heavy atom. The molecule has 0 saturated carbocycles. The van der Waals surface area contributed by atoms with Crippen LogP contribution in [0.25, 0.3) is 22.4 Å². The second-order valence-corrected chi connectivity index (χ2v) is 9.01. The summed E-state index contributed by atoms with van der Waals surface area (Å²) in [4.78, 5) is 21.6. The number of fused-ring (bicyclic) bond motifs is 1. The van der Waals surface area contributed by atoms with Gasteiger partial charge in [-0.3, -0.25) is 9.78 Å². The maximum Gasteiger partial charge on any atom is 0.432 e. The van der Waals surface area contributed by atoms with Crippen molar-refractivity contribution in [2.75, 3.05) is 0 Å². The van der Waals surface area contributed by atoms with Crippen molar-refractivity contribution in [3.8, 4) is 11.5 Å². The van der Waals surface area contributed by atoms with Gasteiger partial charge in [0.25, 0.3) is 0 Å². The maximum absolute atomic E-state index is 14.6. The number of carbonyl (C=O) groups excluding carboxylic acids is 1. The third kappa shape index (κ3) is 4.38. The van der Waals surface area contributed by atoms with Gasteiger partial charge in [0, 0.05) is 39.9 Å². The first-order valence-electron chi connectivity index (χ1n) is 10.7. The summed E-state index contributed by atoms with van der Waals surface area (Å²) in [5.41, 5.74) is 0.221. The second kappa shape index (κ2) is 9.11. The highest BCUT2D eigenvalue weighted by atomic mass is 35.5. The second-order valence-electron chi connectivity index (χ2n) is 8.16. The number of carbonyl (C=O) groups is 1. The quantitative estimate of drug-likeness (QED) is 0.220. The van der Waals surface area contributed by atoms with Gasteiger partial charge in [0.1, 0.15) is 5.69 Å². The van der Waals surface area contributed by atoms with Crippen molar-refractivity contribution in [2.24, 2.45) is 0 Å². The number of halogens is 5. The molecule has 5 aromatic rings. The van der Waals surface area contributed by atoms with Gasteiger partial charge >= 0.3 is 6.18 Å². The molecule has 0 spiro atoms. The minimum absolute atomic E-state index is 0.0767. The molecular weight excluding hydrogens is 514 g/mol. The molecule has 10 heteroatoms. The Hall–Kier alpha value is -3.62. The van der Waals surface area contributed by atoms with E-state index in [4.69, 9.17) is 27.6 Å². The fourth-order valence-corrected chi connectivity index (χ4v) is 4.57. The SMILES string of the molecule is Cc1ccc2c(c1)c(C(=O)c1cnc(-c3cccnc3)o1)c(C(F)(F)F)n2Cc1ccc(Cl)cc1Cl. The highest BCUT2D eigenvalue weighted by Gasteiger charge is 2.42. The maximum atomic E-state index is 14.6.